The molecule has 7 heteroatoms. The molecule has 0 radical (unpaired) electrons. The molecule has 2 aromatic rings. The Morgan fingerprint density at radius 3 is 2.88 bits per heavy atom. The van der Waals surface area contributed by atoms with Gasteiger partial charge in [0.1, 0.15) is 10.8 Å². The van der Waals surface area contributed by atoms with E-state index in [0.29, 0.717) is 12.4 Å². The summed E-state index contributed by atoms with van der Waals surface area (Å²) < 4.78 is 4.52. The van der Waals surface area contributed by atoms with Crippen molar-refractivity contribution in [2.75, 3.05) is 12.4 Å². The van der Waals surface area contributed by atoms with Gasteiger partial charge in [-0.25, -0.2) is 19.7 Å². The van der Waals surface area contributed by atoms with Gasteiger partial charge in [0.2, 0.25) is 0 Å². The molecule has 0 aliphatic carbocycles. The lowest BCUT2D eigenvalue weighted by Crippen LogP contribution is -2.07. The number of aromatic nitrogens is 3. The zero-order chi connectivity index (χ0) is 12.1. The van der Waals surface area contributed by atoms with Gasteiger partial charge >= 0.3 is 5.97 Å². The Kier molecular flexibility index (Phi) is 3.61. The quantitative estimate of drug-likeness (QED) is 0.825. The number of ether oxygens (including phenoxy) is 1. The van der Waals surface area contributed by atoms with E-state index in [4.69, 9.17) is 0 Å². The average Bonchev–Trinajstić information content (AvgIpc) is 2.89. The fourth-order valence-electron chi connectivity index (χ4n) is 1.14. The molecule has 2 rings (SSSR count). The Balaban J connectivity index is 1.96. The SMILES string of the molecule is COC(=O)c1cnc(NCc2nccs2)cn1. The van der Waals surface area contributed by atoms with E-state index >= 15 is 0 Å². The monoisotopic (exact) mass is 250 g/mol. The van der Waals surface area contributed by atoms with E-state index in [1.54, 1.807) is 17.5 Å². The van der Waals surface area contributed by atoms with Gasteiger partial charge in [0.15, 0.2) is 5.69 Å². The number of methoxy groups -OCH3 is 1. The number of carbonyl (C=O) groups is 1. The summed E-state index contributed by atoms with van der Waals surface area (Å²) in [5, 5.41) is 5.92. The zero-order valence-electron chi connectivity index (χ0n) is 9.08. The lowest BCUT2D eigenvalue weighted by Gasteiger charge is -2.03. The first-order valence-corrected chi connectivity index (χ1v) is 5.70. The molecule has 2 heterocycles. The minimum Gasteiger partial charge on any atom is -0.464 e. The van der Waals surface area contributed by atoms with Crippen molar-refractivity contribution in [2.24, 2.45) is 0 Å². The van der Waals surface area contributed by atoms with Gasteiger partial charge in [-0.05, 0) is 0 Å². The molecule has 0 aromatic carbocycles. The van der Waals surface area contributed by atoms with Gasteiger partial charge in [-0.3, -0.25) is 0 Å². The topological polar surface area (TPSA) is 77.0 Å². The number of nitrogens with zero attached hydrogens (tertiary/aromatic N) is 3. The first-order chi connectivity index (χ1) is 8.29. The number of hydrogen-bond donors (Lipinski definition) is 1. The smallest absolute Gasteiger partial charge is 0.358 e. The Bertz CT molecular complexity index is 484. The van der Waals surface area contributed by atoms with E-state index in [9.17, 15) is 4.79 Å². The molecule has 0 aliphatic heterocycles. The van der Waals surface area contributed by atoms with E-state index in [1.165, 1.54) is 19.5 Å². The van der Waals surface area contributed by atoms with Crippen LogP contribution >= 0.6 is 11.3 Å². The lowest BCUT2D eigenvalue weighted by atomic mass is 10.4. The van der Waals surface area contributed by atoms with Crippen LogP contribution in [0.25, 0.3) is 0 Å². The summed E-state index contributed by atoms with van der Waals surface area (Å²) in [7, 11) is 1.30. The summed E-state index contributed by atoms with van der Waals surface area (Å²) in [6, 6.07) is 0. The summed E-state index contributed by atoms with van der Waals surface area (Å²) in [5.74, 6) is 0.0943. The second-order valence-electron chi connectivity index (χ2n) is 3.06. The van der Waals surface area contributed by atoms with Crippen LogP contribution in [0, 0.1) is 0 Å². The van der Waals surface area contributed by atoms with Gasteiger partial charge in [0.05, 0.1) is 26.0 Å². The van der Waals surface area contributed by atoms with E-state index in [-0.39, 0.29) is 5.69 Å². The van der Waals surface area contributed by atoms with Crippen LogP contribution in [-0.4, -0.2) is 28.0 Å². The van der Waals surface area contributed by atoms with Gasteiger partial charge in [-0.15, -0.1) is 11.3 Å². The molecular formula is C10H10N4O2S. The molecule has 0 aliphatic rings. The maximum Gasteiger partial charge on any atom is 0.358 e. The Labute approximate surface area is 102 Å². The standard InChI is InChI=1S/C10H10N4O2S/c1-16-10(15)7-4-13-8(5-12-7)14-6-9-11-2-3-17-9/h2-5H,6H2,1H3,(H,13,14). The van der Waals surface area contributed by atoms with E-state index in [0.717, 1.165) is 5.01 Å². The molecular weight excluding hydrogens is 240 g/mol. The van der Waals surface area contributed by atoms with Crippen LogP contribution in [0.1, 0.15) is 15.5 Å². The molecule has 2 aromatic heterocycles. The van der Waals surface area contributed by atoms with E-state index < -0.39 is 5.97 Å². The molecule has 0 unspecified atom stereocenters. The van der Waals surface area contributed by atoms with Gasteiger partial charge in [-0.1, -0.05) is 0 Å². The van der Waals surface area contributed by atoms with Crippen molar-refractivity contribution < 1.29 is 9.53 Å². The lowest BCUT2D eigenvalue weighted by molar-refractivity contribution is 0.0593. The number of hydrogen-bond acceptors (Lipinski definition) is 7. The van der Waals surface area contributed by atoms with Crippen molar-refractivity contribution >= 4 is 23.1 Å². The van der Waals surface area contributed by atoms with Crippen LogP contribution in [0.4, 0.5) is 5.82 Å². The third kappa shape index (κ3) is 2.97. The molecule has 0 fully saturated rings. The fourth-order valence-corrected chi connectivity index (χ4v) is 1.69. The van der Waals surface area contributed by atoms with Crippen LogP contribution in [0.15, 0.2) is 24.0 Å². The van der Waals surface area contributed by atoms with Crippen LogP contribution < -0.4 is 5.32 Å². The predicted molar refractivity (Wildman–Crippen MR) is 62.8 cm³/mol. The first kappa shape index (κ1) is 11.5. The van der Waals surface area contributed by atoms with Crippen LogP contribution in [0.5, 0.6) is 0 Å². The van der Waals surface area contributed by atoms with Crippen molar-refractivity contribution in [3.63, 3.8) is 0 Å². The Morgan fingerprint density at radius 2 is 2.29 bits per heavy atom. The third-order valence-corrected chi connectivity index (χ3v) is 2.73. The maximum atomic E-state index is 11.1. The third-order valence-electron chi connectivity index (χ3n) is 1.95. The normalized spacial score (nSPS) is 9.94. The Hall–Kier alpha value is -2.02. The minimum atomic E-state index is -0.496. The van der Waals surface area contributed by atoms with Crippen LogP contribution in [0.2, 0.25) is 0 Å². The predicted octanol–water partition coefficient (Wildman–Crippen LogP) is 1.33. The minimum absolute atomic E-state index is 0.187. The van der Waals surface area contributed by atoms with Crippen molar-refractivity contribution in [1.82, 2.24) is 15.0 Å². The van der Waals surface area contributed by atoms with Gasteiger partial charge in [0, 0.05) is 11.6 Å². The van der Waals surface area contributed by atoms with E-state index in [1.807, 2.05) is 5.38 Å². The number of nitrogens with one attached hydrogen (secondary N) is 1. The van der Waals surface area contributed by atoms with Crippen molar-refractivity contribution in [2.45, 2.75) is 6.54 Å². The van der Waals surface area contributed by atoms with Crippen molar-refractivity contribution in [3.05, 3.63) is 34.7 Å². The number of thiazole rings is 1. The number of rotatable bonds is 4. The molecule has 0 saturated heterocycles. The highest BCUT2D eigenvalue weighted by Gasteiger charge is 2.07. The molecule has 0 amide bonds. The summed E-state index contributed by atoms with van der Waals surface area (Å²) in [6.45, 7) is 0.587. The molecule has 0 atom stereocenters. The van der Waals surface area contributed by atoms with Crippen molar-refractivity contribution in [1.29, 1.82) is 0 Å². The van der Waals surface area contributed by atoms with Gasteiger partial charge in [0.25, 0.3) is 0 Å². The molecule has 0 spiro atoms. The number of anilines is 1. The molecule has 88 valence electrons. The summed E-state index contributed by atoms with van der Waals surface area (Å²) in [6.07, 6.45) is 4.60. The molecule has 6 nitrogen and oxygen atoms in total. The summed E-state index contributed by atoms with van der Waals surface area (Å²) in [4.78, 5) is 23.2. The first-order valence-electron chi connectivity index (χ1n) is 4.82. The number of esters is 1. The molecule has 0 saturated carbocycles. The van der Waals surface area contributed by atoms with Gasteiger partial charge in [-0.2, -0.15) is 0 Å². The highest BCUT2D eigenvalue weighted by atomic mass is 32.1. The summed E-state index contributed by atoms with van der Waals surface area (Å²) >= 11 is 1.56. The summed E-state index contributed by atoms with van der Waals surface area (Å²) in [5.41, 5.74) is 0.187. The number of carbonyl (C=O) groups excluding carboxylic acids is 1. The molecule has 0 bridgehead atoms. The second-order valence-corrected chi connectivity index (χ2v) is 4.04. The van der Waals surface area contributed by atoms with E-state index in [2.05, 4.69) is 25.0 Å². The largest absolute Gasteiger partial charge is 0.464 e. The highest BCUT2D eigenvalue weighted by molar-refractivity contribution is 7.09. The van der Waals surface area contributed by atoms with Crippen LogP contribution in [-0.2, 0) is 11.3 Å². The zero-order valence-corrected chi connectivity index (χ0v) is 9.90. The second kappa shape index (κ2) is 5.35. The molecule has 1 N–H and O–H groups in total. The maximum absolute atomic E-state index is 11.1. The van der Waals surface area contributed by atoms with Crippen LogP contribution in [0.3, 0.4) is 0 Å². The Morgan fingerprint density at radius 1 is 1.41 bits per heavy atom. The highest BCUT2D eigenvalue weighted by Crippen LogP contribution is 2.07. The fraction of sp³-hybridized carbons (Fsp3) is 0.200. The molecule has 17 heavy (non-hydrogen) atoms. The van der Waals surface area contributed by atoms with Gasteiger partial charge < -0.3 is 10.1 Å². The van der Waals surface area contributed by atoms with Crippen molar-refractivity contribution in [3.8, 4) is 0 Å². The average molecular weight is 250 g/mol.